The van der Waals surface area contributed by atoms with Gasteiger partial charge in [-0.1, -0.05) is 34.6 Å². The number of nitrogens with zero attached hydrogens (tertiary/aromatic N) is 4. The molecule has 1 saturated heterocycles. The zero-order chi connectivity index (χ0) is 19.1. The molecule has 2 atom stereocenters. The Morgan fingerprint density at radius 3 is 2.73 bits per heavy atom. The molecule has 2 aliphatic rings. The van der Waals surface area contributed by atoms with Crippen molar-refractivity contribution in [3.8, 4) is 0 Å². The topological polar surface area (TPSA) is 84.2 Å². The van der Waals surface area contributed by atoms with Crippen molar-refractivity contribution >= 4 is 17.3 Å². The molecular weight excluding hydrogens is 330 g/mol. The maximum atomic E-state index is 11.9. The number of fused-ring (bicyclic) bond motifs is 2. The molecule has 144 valence electrons. The summed E-state index contributed by atoms with van der Waals surface area (Å²) in [7, 11) is 0. The number of rotatable bonds is 6. The van der Waals surface area contributed by atoms with Gasteiger partial charge in [0.15, 0.2) is 0 Å². The smallest absolute Gasteiger partial charge is 0.353 e. The summed E-state index contributed by atoms with van der Waals surface area (Å²) in [5.41, 5.74) is 0.466. The summed E-state index contributed by atoms with van der Waals surface area (Å²) in [6.07, 6.45) is 5.66. The third-order valence-corrected chi connectivity index (χ3v) is 5.69. The summed E-state index contributed by atoms with van der Waals surface area (Å²) in [5.74, 6) is 1.35. The molecule has 1 aromatic rings. The largest absolute Gasteiger partial charge is 0.364 e. The van der Waals surface area contributed by atoms with Crippen LogP contribution in [0.3, 0.4) is 0 Å². The lowest BCUT2D eigenvalue weighted by Crippen LogP contribution is -2.35. The molecule has 2 fully saturated rings. The maximum absolute atomic E-state index is 11.9. The Hall–Kier alpha value is -1.92. The number of hydrogen-bond acceptors (Lipinski definition) is 6. The molecule has 0 aromatic carbocycles. The summed E-state index contributed by atoms with van der Waals surface area (Å²) in [4.78, 5) is 22.2. The van der Waals surface area contributed by atoms with Gasteiger partial charge in [-0.2, -0.15) is 0 Å². The van der Waals surface area contributed by atoms with E-state index in [1.54, 1.807) is 0 Å². The highest BCUT2D eigenvalue weighted by molar-refractivity contribution is 5.71. The quantitative estimate of drug-likeness (QED) is 0.602. The van der Waals surface area contributed by atoms with Gasteiger partial charge >= 0.3 is 5.69 Å². The van der Waals surface area contributed by atoms with E-state index in [1.165, 1.54) is 6.33 Å². The van der Waals surface area contributed by atoms with Gasteiger partial charge in [-0.05, 0) is 42.4 Å². The first kappa shape index (κ1) is 18.9. The van der Waals surface area contributed by atoms with Gasteiger partial charge in [-0.15, -0.1) is 0 Å². The third-order valence-electron chi connectivity index (χ3n) is 5.69. The van der Waals surface area contributed by atoms with E-state index in [4.69, 9.17) is 0 Å². The van der Waals surface area contributed by atoms with E-state index in [2.05, 4.69) is 54.8 Å². The van der Waals surface area contributed by atoms with Gasteiger partial charge in [0.25, 0.3) is 0 Å². The minimum atomic E-state index is -0.331. The van der Waals surface area contributed by atoms with Gasteiger partial charge in [0, 0.05) is 19.1 Å². The van der Waals surface area contributed by atoms with Gasteiger partial charge in [0.1, 0.15) is 6.33 Å². The third kappa shape index (κ3) is 3.76. The molecule has 1 saturated carbocycles. The molecule has 2 unspecified atom stereocenters. The molecule has 3 rings (SSSR count). The monoisotopic (exact) mass is 361 g/mol. The lowest BCUT2D eigenvalue weighted by atomic mass is 9.65. The maximum Gasteiger partial charge on any atom is 0.353 e. The van der Waals surface area contributed by atoms with Crippen LogP contribution >= 0.6 is 0 Å². The van der Waals surface area contributed by atoms with E-state index in [1.807, 2.05) is 0 Å². The van der Waals surface area contributed by atoms with Crippen LogP contribution in [-0.4, -0.2) is 34.0 Å². The first-order chi connectivity index (χ1) is 12.1. The normalized spacial score (nSPS) is 27.0. The standard InChI is InChI=1S/C19H31N5O2/c1-13(2)6-7-20-16-15(24(25)26)17(22-12-21-16)23-11-19(5)9-14(23)8-18(3,4)10-19/h12-14H,6-11H2,1-5H3,(H,20,21,22). The van der Waals surface area contributed by atoms with E-state index in [0.29, 0.717) is 30.1 Å². The van der Waals surface area contributed by atoms with E-state index in [-0.39, 0.29) is 21.4 Å². The average Bonchev–Trinajstić information content (AvgIpc) is 2.75. The molecule has 26 heavy (non-hydrogen) atoms. The fourth-order valence-electron chi connectivity index (χ4n) is 5.06. The van der Waals surface area contributed by atoms with Crippen LogP contribution in [0.2, 0.25) is 0 Å². The SMILES string of the molecule is CC(C)CCNc1ncnc(N2CC3(C)CC2CC(C)(C)C3)c1[N+](=O)[O-]. The zero-order valence-corrected chi connectivity index (χ0v) is 16.6. The molecular formula is C19H31N5O2. The molecule has 0 amide bonds. The number of nitro groups is 1. The van der Waals surface area contributed by atoms with Crippen LogP contribution in [0.25, 0.3) is 0 Å². The Morgan fingerprint density at radius 2 is 2.08 bits per heavy atom. The predicted octanol–water partition coefficient (Wildman–Crippen LogP) is 4.25. The lowest BCUT2D eigenvalue weighted by Gasteiger charge is -2.39. The van der Waals surface area contributed by atoms with Gasteiger partial charge in [0.05, 0.1) is 4.92 Å². The zero-order valence-electron chi connectivity index (χ0n) is 16.6. The van der Waals surface area contributed by atoms with Crippen LogP contribution in [0.4, 0.5) is 17.3 Å². The molecule has 0 radical (unpaired) electrons. The van der Waals surface area contributed by atoms with Crippen LogP contribution in [-0.2, 0) is 0 Å². The van der Waals surface area contributed by atoms with Crippen molar-refractivity contribution in [2.75, 3.05) is 23.3 Å². The molecule has 1 N–H and O–H groups in total. The van der Waals surface area contributed by atoms with Crippen LogP contribution in [0, 0.1) is 26.9 Å². The van der Waals surface area contributed by atoms with Crippen molar-refractivity contribution in [3.05, 3.63) is 16.4 Å². The number of hydrogen-bond donors (Lipinski definition) is 1. The minimum Gasteiger partial charge on any atom is -0.364 e. The highest BCUT2D eigenvalue weighted by atomic mass is 16.6. The summed E-state index contributed by atoms with van der Waals surface area (Å²) < 4.78 is 0. The summed E-state index contributed by atoms with van der Waals surface area (Å²) in [6.45, 7) is 12.7. The number of anilines is 2. The highest BCUT2D eigenvalue weighted by Gasteiger charge is 2.51. The van der Waals surface area contributed by atoms with Gasteiger partial charge in [0.2, 0.25) is 11.6 Å². The predicted molar refractivity (Wildman–Crippen MR) is 104 cm³/mol. The molecule has 7 nitrogen and oxygen atoms in total. The second kappa shape index (κ2) is 6.67. The van der Waals surface area contributed by atoms with Crippen molar-refractivity contribution in [3.63, 3.8) is 0 Å². The molecule has 0 spiro atoms. The van der Waals surface area contributed by atoms with Crippen molar-refractivity contribution < 1.29 is 4.92 Å². The van der Waals surface area contributed by atoms with Crippen molar-refractivity contribution in [1.82, 2.24) is 9.97 Å². The summed E-state index contributed by atoms with van der Waals surface area (Å²) in [6, 6.07) is 0.306. The molecule has 1 aliphatic heterocycles. The fourth-order valence-corrected chi connectivity index (χ4v) is 5.06. The highest BCUT2D eigenvalue weighted by Crippen LogP contribution is 2.54. The summed E-state index contributed by atoms with van der Waals surface area (Å²) >= 11 is 0. The summed E-state index contributed by atoms with van der Waals surface area (Å²) in [5, 5.41) is 15.0. The van der Waals surface area contributed by atoms with Crippen LogP contribution in [0.5, 0.6) is 0 Å². The second-order valence-electron chi connectivity index (χ2n) is 9.60. The average molecular weight is 361 g/mol. The van der Waals surface area contributed by atoms with Crippen molar-refractivity contribution in [1.29, 1.82) is 0 Å². The van der Waals surface area contributed by atoms with Gasteiger partial charge < -0.3 is 10.2 Å². The second-order valence-corrected chi connectivity index (χ2v) is 9.60. The lowest BCUT2D eigenvalue weighted by molar-refractivity contribution is -0.383. The van der Waals surface area contributed by atoms with Crippen LogP contribution < -0.4 is 10.2 Å². The van der Waals surface area contributed by atoms with E-state index in [9.17, 15) is 10.1 Å². The van der Waals surface area contributed by atoms with E-state index >= 15 is 0 Å². The number of nitrogens with one attached hydrogen (secondary N) is 1. The Bertz CT molecular complexity index is 691. The molecule has 1 aromatic heterocycles. The van der Waals surface area contributed by atoms with Crippen molar-refractivity contribution in [2.45, 2.75) is 66.3 Å². The number of aromatic nitrogens is 2. The minimum absolute atomic E-state index is 0.0187. The Morgan fingerprint density at radius 1 is 1.35 bits per heavy atom. The van der Waals surface area contributed by atoms with E-state index < -0.39 is 0 Å². The van der Waals surface area contributed by atoms with Crippen LogP contribution in [0.15, 0.2) is 6.33 Å². The Kier molecular flexibility index (Phi) is 4.84. The van der Waals surface area contributed by atoms with E-state index in [0.717, 1.165) is 32.2 Å². The first-order valence-corrected chi connectivity index (χ1v) is 9.60. The molecule has 1 aliphatic carbocycles. The van der Waals surface area contributed by atoms with Gasteiger partial charge in [-0.25, -0.2) is 9.97 Å². The Balaban J connectivity index is 1.92. The molecule has 7 heteroatoms. The molecule has 2 heterocycles. The Labute approximate surface area is 155 Å². The van der Waals surface area contributed by atoms with Gasteiger partial charge in [-0.3, -0.25) is 10.1 Å². The fraction of sp³-hybridized carbons (Fsp3) is 0.789. The molecule has 2 bridgehead atoms. The van der Waals surface area contributed by atoms with Crippen LogP contribution in [0.1, 0.15) is 60.3 Å². The first-order valence-electron chi connectivity index (χ1n) is 9.60. The van der Waals surface area contributed by atoms with Crippen molar-refractivity contribution in [2.24, 2.45) is 16.7 Å².